The van der Waals surface area contributed by atoms with Gasteiger partial charge in [0.05, 0.1) is 12.6 Å². The summed E-state index contributed by atoms with van der Waals surface area (Å²) in [5, 5.41) is 9.34. The fourth-order valence-corrected chi connectivity index (χ4v) is 2.04. The van der Waals surface area contributed by atoms with Gasteiger partial charge in [0.2, 0.25) is 0 Å². The lowest BCUT2D eigenvalue weighted by Gasteiger charge is -2.28. The van der Waals surface area contributed by atoms with Crippen molar-refractivity contribution in [2.45, 2.75) is 58.3 Å². The number of carbonyl (C=O) groups is 2. The third-order valence-electron chi connectivity index (χ3n) is 2.73. The second-order valence-corrected chi connectivity index (χ2v) is 6.12. The number of likely N-dealkylation sites (tertiary alicyclic amines) is 1. The van der Waals surface area contributed by atoms with Crippen LogP contribution in [0, 0.1) is 0 Å². The summed E-state index contributed by atoms with van der Waals surface area (Å²) >= 11 is 0. The molecule has 0 aromatic heterocycles. The first kappa shape index (κ1) is 15.8. The van der Waals surface area contributed by atoms with E-state index in [1.54, 1.807) is 34.6 Å². The smallest absolute Gasteiger partial charge is 0.410 e. The van der Waals surface area contributed by atoms with E-state index >= 15 is 0 Å². The normalized spacial score (nSPS) is 23.8. The van der Waals surface area contributed by atoms with E-state index in [9.17, 15) is 14.7 Å². The van der Waals surface area contributed by atoms with Crippen molar-refractivity contribution < 1.29 is 24.2 Å². The van der Waals surface area contributed by atoms with Crippen LogP contribution >= 0.6 is 0 Å². The zero-order valence-corrected chi connectivity index (χ0v) is 12.2. The summed E-state index contributed by atoms with van der Waals surface area (Å²) in [6, 6.07) is 0. The van der Waals surface area contributed by atoms with Gasteiger partial charge in [0.1, 0.15) is 5.60 Å². The van der Waals surface area contributed by atoms with E-state index in [4.69, 9.17) is 9.47 Å². The Kier molecular flexibility index (Phi) is 4.45. The molecule has 1 N–H and O–H groups in total. The Labute approximate surface area is 113 Å². The van der Waals surface area contributed by atoms with Gasteiger partial charge in [-0.25, -0.2) is 9.59 Å². The second kappa shape index (κ2) is 5.36. The van der Waals surface area contributed by atoms with Crippen LogP contribution in [-0.4, -0.2) is 52.5 Å². The fourth-order valence-electron chi connectivity index (χ4n) is 2.04. The molecule has 0 aromatic rings. The Bertz CT molecular complexity index is 361. The summed E-state index contributed by atoms with van der Waals surface area (Å²) < 4.78 is 10.8. The van der Waals surface area contributed by atoms with Crippen LogP contribution in [0.1, 0.15) is 41.0 Å². The van der Waals surface area contributed by atoms with Crippen molar-refractivity contribution in [2.75, 3.05) is 13.1 Å². The first-order valence-electron chi connectivity index (χ1n) is 6.45. The number of ether oxygens (including phenoxy) is 2. The molecule has 1 aliphatic heterocycles. The Hall–Kier alpha value is -1.30. The van der Waals surface area contributed by atoms with Gasteiger partial charge < -0.3 is 19.5 Å². The van der Waals surface area contributed by atoms with E-state index in [0.717, 1.165) is 0 Å². The molecule has 0 saturated carbocycles. The van der Waals surface area contributed by atoms with Crippen molar-refractivity contribution in [1.29, 1.82) is 0 Å². The minimum atomic E-state index is -1.31. The predicted octanol–water partition coefficient (Wildman–Crippen LogP) is 1.88. The van der Waals surface area contributed by atoms with E-state index < -0.39 is 23.3 Å². The van der Waals surface area contributed by atoms with Gasteiger partial charge in [-0.1, -0.05) is 0 Å². The predicted molar refractivity (Wildman–Crippen MR) is 69.0 cm³/mol. The maximum absolute atomic E-state index is 11.9. The van der Waals surface area contributed by atoms with E-state index in [0.29, 0.717) is 6.54 Å². The quantitative estimate of drug-likeness (QED) is 0.849. The number of hydrogen-bond donors (Lipinski definition) is 1. The molecular weight excluding hydrogens is 250 g/mol. The van der Waals surface area contributed by atoms with Gasteiger partial charge >= 0.3 is 12.1 Å². The standard InChI is InChI=1S/C13H23NO5/c1-9(2)18-13(10(15)16)6-7-14(8-13)11(17)19-12(3,4)5/h9H,6-8H2,1-5H3,(H,15,16). The summed E-state index contributed by atoms with van der Waals surface area (Å²) in [7, 11) is 0. The highest BCUT2D eigenvalue weighted by molar-refractivity contribution is 5.80. The lowest BCUT2D eigenvalue weighted by Crippen LogP contribution is -2.47. The van der Waals surface area contributed by atoms with Crippen molar-refractivity contribution in [3.63, 3.8) is 0 Å². The molecule has 19 heavy (non-hydrogen) atoms. The van der Waals surface area contributed by atoms with Gasteiger partial charge in [0.15, 0.2) is 5.60 Å². The largest absolute Gasteiger partial charge is 0.479 e. The van der Waals surface area contributed by atoms with E-state index in [-0.39, 0.29) is 19.1 Å². The van der Waals surface area contributed by atoms with Crippen LogP contribution < -0.4 is 0 Å². The average molecular weight is 273 g/mol. The van der Waals surface area contributed by atoms with Crippen LogP contribution in [-0.2, 0) is 14.3 Å². The Morgan fingerprint density at radius 1 is 1.32 bits per heavy atom. The minimum Gasteiger partial charge on any atom is -0.479 e. The van der Waals surface area contributed by atoms with Crippen molar-refractivity contribution >= 4 is 12.1 Å². The molecular formula is C13H23NO5. The Morgan fingerprint density at radius 3 is 2.32 bits per heavy atom. The average Bonchev–Trinajstić information content (AvgIpc) is 2.59. The van der Waals surface area contributed by atoms with Crippen LogP contribution in [0.25, 0.3) is 0 Å². The van der Waals surface area contributed by atoms with Gasteiger partial charge in [-0.05, 0) is 34.6 Å². The second-order valence-electron chi connectivity index (χ2n) is 6.12. The molecule has 0 aliphatic carbocycles. The molecule has 1 fully saturated rings. The van der Waals surface area contributed by atoms with Gasteiger partial charge in [0.25, 0.3) is 0 Å². The summed E-state index contributed by atoms with van der Waals surface area (Å²) in [5.41, 5.74) is -1.91. The van der Waals surface area contributed by atoms with Crippen LogP contribution in [0.2, 0.25) is 0 Å². The number of carboxylic acids is 1. The molecule has 0 aromatic carbocycles. The number of carboxylic acid groups (broad SMARTS) is 1. The lowest BCUT2D eigenvalue weighted by atomic mass is 10.0. The number of amides is 1. The maximum Gasteiger partial charge on any atom is 0.410 e. The highest BCUT2D eigenvalue weighted by Crippen LogP contribution is 2.28. The molecule has 6 heteroatoms. The number of carbonyl (C=O) groups excluding carboxylic acids is 1. The highest BCUT2D eigenvalue weighted by atomic mass is 16.6. The molecule has 1 unspecified atom stereocenters. The topological polar surface area (TPSA) is 76.1 Å². The third kappa shape index (κ3) is 4.09. The molecule has 6 nitrogen and oxygen atoms in total. The zero-order chi connectivity index (χ0) is 14.8. The Balaban J connectivity index is 2.74. The molecule has 0 spiro atoms. The lowest BCUT2D eigenvalue weighted by molar-refractivity contribution is -0.169. The van der Waals surface area contributed by atoms with E-state index in [2.05, 4.69) is 0 Å². The summed E-state index contributed by atoms with van der Waals surface area (Å²) in [4.78, 5) is 24.7. The number of rotatable bonds is 3. The van der Waals surface area contributed by atoms with Crippen LogP contribution in [0.3, 0.4) is 0 Å². The number of aliphatic carboxylic acids is 1. The SMILES string of the molecule is CC(C)OC1(C(=O)O)CCN(C(=O)OC(C)(C)C)C1. The van der Waals surface area contributed by atoms with Gasteiger partial charge in [0, 0.05) is 13.0 Å². The Morgan fingerprint density at radius 2 is 1.89 bits per heavy atom. The number of hydrogen-bond acceptors (Lipinski definition) is 4. The third-order valence-corrected chi connectivity index (χ3v) is 2.73. The molecule has 1 aliphatic rings. The molecule has 0 radical (unpaired) electrons. The van der Waals surface area contributed by atoms with Crippen LogP contribution in [0.5, 0.6) is 0 Å². The van der Waals surface area contributed by atoms with E-state index in [1.165, 1.54) is 4.90 Å². The first-order valence-corrected chi connectivity index (χ1v) is 6.45. The zero-order valence-electron chi connectivity index (χ0n) is 12.2. The fraction of sp³-hybridized carbons (Fsp3) is 0.846. The summed E-state index contributed by atoms with van der Waals surface area (Å²) in [5.74, 6) is -1.03. The van der Waals surface area contributed by atoms with Gasteiger partial charge in [-0.2, -0.15) is 0 Å². The first-order chi connectivity index (χ1) is 8.56. The maximum atomic E-state index is 11.9. The number of nitrogens with zero attached hydrogens (tertiary/aromatic N) is 1. The monoisotopic (exact) mass is 273 g/mol. The van der Waals surface area contributed by atoms with Crippen molar-refractivity contribution in [2.24, 2.45) is 0 Å². The van der Waals surface area contributed by atoms with Crippen molar-refractivity contribution in [1.82, 2.24) is 4.90 Å². The minimum absolute atomic E-state index is 0.0232. The molecule has 0 bridgehead atoms. The highest BCUT2D eigenvalue weighted by Gasteiger charge is 2.48. The van der Waals surface area contributed by atoms with Gasteiger partial charge in [-0.15, -0.1) is 0 Å². The molecule has 1 rings (SSSR count). The van der Waals surface area contributed by atoms with E-state index in [1.807, 2.05) is 0 Å². The van der Waals surface area contributed by atoms with Gasteiger partial charge in [-0.3, -0.25) is 0 Å². The molecule has 1 atom stereocenters. The molecule has 1 amide bonds. The van der Waals surface area contributed by atoms with Crippen LogP contribution in [0.4, 0.5) is 4.79 Å². The van der Waals surface area contributed by atoms with Crippen LogP contribution in [0.15, 0.2) is 0 Å². The molecule has 1 saturated heterocycles. The van der Waals surface area contributed by atoms with Crippen molar-refractivity contribution in [3.8, 4) is 0 Å². The summed E-state index contributed by atoms with van der Waals surface area (Å²) in [6.45, 7) is 9.23. The molecule has 110 valence electrons. The van der Waals surface area contributed by atoms with Crippen molar-refractivity contribution in [3.05, 3.63) is 0 Å². The molecule has 1 heterocycles. The summed E-state index contributed by atoms with van der Waals surface area (Å²) in [6.07, 6.45) is -0.433.